The van der Waals surface area contributed by atoms with E-state index in [1.165, 1.54) is 10.8 Å². The second-order valence-corrected chi connectivity index (χ2v) is 9.56. The van der Waals surface area contributed by atoms with E-state index < -0.39 is 0 Å². The lowest BCUT2D eigenvalue weighted by molar-refractivity contribution is 0.0954. The van der Waals surface area contributed by atoms with Crippen molar-refractivity contribution in [2.75, 3.05) is 14.2 Å². The molecule has 0 spiro atoms. The van der Waals surface area contributed by atoms with Crippen LogP contribution in [0, 0.1) is 3.57 Å². The highest BCUT2D eigenvalue weighted by atomic mass is 127. The van der Waals surface area contributed by atoms with Crippen LogP contribution >= 0.6 is 38.5 Å². The fraction of sp³-hybridized carbons (Fsp3) is 0.111. The average Bonchev–Trinajstić information content (AvgIpc) is 2.88. The van der Waals surface area contributed by atoms with E-state index in [2.05, 4.69) is 79.4 Å². The third kappa shape index (κ3) is 6.12. The van der Waals surface area contributed by atoms with Gasteiger partial charge in [0.15, 0.2) is 11.5 Å². The standard InChI is InChI=1S/C27H22BrIN2O4/c1-33-24-12-20(9-10-23(24)29)27(32)31-30-15-21-13-25(34-2)26(14-22(21)28)35-16-17-7-8-18-5-3-4-6-19(18)11-17/h3-15H,16H2,1-2H3,(H,31,32)/b30-15-. The maximum absolute atomic E-state index is 12.4. The van der Waals surface area contributed by atoms with Gasteiger partial charge in [0.25, 0.3) is 5.91 Å². The van der Waals surface area contributed by atoms with Crippen LogP contribution in [0.2, 0.25) is 0 Å². The lowest BCUT2D eigenvalue weighted by Crippen LogP contribution is -2.17. The van der Waals surface area contributed by atoms with Crippen LogP contribution in [0.4, 0.5) is 0 Å². The van der Waals surface area contributed by atoms with Crippen LogP contribution in [-0.2, 0) is 6.61 Å². The Morgan fingerprint density at radius 2 is 1.71 bits per heavy atom. The summed E-state index contributed by atoms with van der Waals surface area (Å²) in [6, 6.07) is 23.3. The highest BCUT2D eigenvalue weighted by molar-refractivity contribution is 14.1. The van der Waals surface area contributed by atoms with Crippen molar-refractivity contribution in [3.63, 3.8) is 0 Å². The van der Waals surface area contributed by atoms with Crippen LogP contribution in [0.3, 0.4) is 0 Å². The average molecular weight is 645 g/mol. The summed E-state index contributed by atoms with van der Waals surface area (Å²) in [6.45, 7) is 0.399. The summed E-state index contributed by atoms with van der Waals surface area (Å²) >= 11 is 5.70. The Balaban J connectivity index is 1.44. The van der Waals surface area contributed by atoms with Crippen LogP contribution in [-0.4, -0.2) is 26.3 Å². The Kier molecular flexibility index (Phi) is 8.25. The number of nitrogens with zero attached hydrogens (tertiary/aromatic N) is 1. The molecule has 1 amide bonds. The summed E-state index contributed by atoms with van der Waals surface area (Å²) in [5.74, 6) is 1.45. The topological polar surface area (TPSA) is 69.2 Å². The molecule has 178 valence electrons. The highest BCUT2D eigenvalue weighted by Crippen LogP contribution is 2.33. The number of fused-ring (bicyclic) bond motifs is 1. The molecule has 0 aliphatic carbocycles. The smallest absolute Gasteiger partial charge is 0.271 e. The Morgan fingerprint density at radius 1 is 0.943 bits per heavy atom. The first-order chi connectivity index (χ1) is 17.0. The summed E-state index contributed by atoms with van der Waals surface area (Å²) in [5.41, 5.74) is 4.77. The molecule has 0 aliphatic heterocycles. The van der Waals surface area contributed by atoms with E-state index in [1.807, 2.05) is 24.3 Å². The first-order valence-corrected chi connectivity index (χ1v) is 12.5. The molecule has 0 radical (unpaired) electrons. The number of amides is 1. The SMILES string of the molecule is COc1cc(C(=O)N/N=C\c2cc(OC)c(OCc3ccc4ccccc4c3)cc2Br)ccc1I. The minimum Gasteiger partial charge on any atom is -0.496 e. The van der Waals surface area contributed by atoms with Crippen LogP contribution in [0.25, 0.3) is 10.8 Å². The molecular formula is C27H22BrIN2O4. The number of hydrogen-bond donors (Lipinski definition) is 1. The quantitative estimate of drug-likeness (QED) is 0.134. The van der Waals surface area contributed by atoms with E-state index in [4.69, 9.17) is 14.2 Å². The molecule has 6 nitrogen and oxygen atoms in total. The lowest BCUT2D eigenvalue weighted by atomic mass is 10.1. The van der Waals surface area contributed by atoms with Crippen molar-refractivity contribution in [1.82, 2.24) is 5.43 Å². The lowest BCUT2D eigenvalue weighted by Gasteiger charge is -2.13. The maximum Gasteiger partial charge on any atom is 0.271 e. The van der Waals surface area contributed by atoms with Crippen molar-refractivity contribution in [3.05, 3.63) is 97.5 Å². The van der Waals surface area contributed by atoms with E-state index in [1.54, 1.807) is 38.6 Å². The largest absolute Gasteiger partial charge is 0.496 e. The molecule has 0 heterocycles. The van der Waals surface area contributed by atoms with E-state index in [0.717, 1.165) is 19.2 Å². The van der Waals surface area contributed by atoms with Gasteiger partial charge in [0.1, 0.15) is 12.4 Å². The molecule has 0 fully saturated rings. The Labute approximate surface area is 225 Å². The molecule has 0 saturated heterocycles. The van der Waals surface area contributed by atoms with Crippen LogP contribution < -0.4 is 19.6 Å². The minimum absolute atomic E-state index is 0.339. The highest BCUT2D eigenvalue weighted by Gasteiger charge is 2.11. The molecule has 8 heteroatoms. The molecule has 0 atom stereocenters. The molecular weight excluding hydrogens is 623 g/mol. The normalized spacial score (nSPS) is 11.0. The molecule has 0 aromatic heterocycles. The Bertz CT molecular complexity index is 1410. The zero-order valence-electron chi connectivity index (χ0n) is 19.0. The molecule has 0 aliphatic rings. The third-order valence-corrected chi connectivity index (χ3v) is 6.85. The molecule has 0 bridgehead atoms. The summed E-state index contributed by atoms with van der Waals surface area (Å²) in [6.07, 6.45) is 1.54. The number of halogens is 2. The Morgan fingerprint density at radius 3 is 2.49 bits per heavy atom. The van der Waals surface area contributed by atoms with Gasteiger partial charge in [-0.05, 0) is 91.3 Å². The first kappa shape index (κ1) is 25.0. The number of carbonyl (C=O) groups is 1. The van der Waals surface area contributed by atoms with Gasteiger partial charge in [-0.3, -0.25) is 4.79 Å². The molecule has 1 N–H and O–H groups in total. The van der Waals surface area contributed by atoms with Gasteiger partial charge in [-0.25, -0.2) is 5.43 Å². The summed E-state index contributed by atoms with van der Waals surface area (Å²) in [7, 11) is 3.15. The fourth-order valence-corrected chi connectivity index (χ4v) is 4.42. The van der Waals surface area contributed by atoms with Gasteiger partial charge in [-0.2, -0.15) is 5.10 Å². The zero-order chi connectivity index (χ0) is 24.8. The molecule has 4 aromatic carbocycles. The van der Waals surface area contributed by atoms with Gasteiger partial charge in [0.05, 0.1) is 24.0 Å². The summed E-state index contributed by atoms with van der Waals surface area (Å²) < 4.78 is 18.5. The second kappa shape index (κ2) is 11.5. The van der Waals surface area contributed by atoms with Gasteiger partial charge >= 0.3 is 0 Å². The van der Waals surface area contributed by atoms with E-state index in [0.29, 0.717) is 29.4 Å². The number of ether oxygens (including phenoxy) is 3. The van der Waals surface area contributed by atoms with E-state index >= 15 is 0 Å². The van der Waals surface area contributed by atoms with Crippen molar-refractivity contribution in [3.8, 4) is 17.2 Å². The number of carbonyl (C=O) groups excluding carboxylic acids is 1. The maximum atomic E-state index is 12.4. The number of benzene rings is 4. The van der Waals surface area contributed by atoms with Crippen molar-refractivity contribution < 1.29 is 19.0 Å². The predicted molar refractivity (Wildman–Crippen MR) is 150 cm³/mol. The van der Waals surface area contributed by atoms with Crippen LogP contribution in [0.1, 0.15) is 21.5 Å². The van der Waals surface area contributed by atoms with Gasteiger partial charge in [0.2, 0.25) is 0 Å². The van der Waals surface area contributed by atoms with Crippen LogP contribution in [0.15, 0.2) is 82.4 Å². The summed E-state index contributed by atoms with van der Waals surface area (Å²) in [5, 5.41) is 6.44. The fourth-order valence-electron chi connectivity index (χ4n) is 3.44. The van der Waals surface area contributed by atoms with Crippen LogP contribution in [0.5, 0.6) is 17.2 Å². The second-order valence-electron chi connectivity index (χ2n) is 7.54. The van der Waals surface area contributed by atoms with Crippen molar-refractivity contribution in [2.24, 2.45) is 5.10 Å². The van der Waals surface area contributed by atoms with Crippen molar-refractivity contribution in [1.29, 1.82) is 0 Å². The van der Waals surface area contributed by atoms with Gasteiger partial charge in [-0.1, -0.05) is 36.4 Å². The third-order valence-electron chi connectivity index (χ3n) is 5.27. The monoisotopic (exact) mass is 644 g/mol. The van der Waals surface area contributed by atoms with Gasteiger partial charge in [0, 0.05) is 15.6 Å². The zero-order valence-corrected chi connectivity index (χ0v) is 22.8. The Hall–Kier alpha value is -3.11. The summed E-state index contributed by atoms with van der Waals surface area (Å²) in [4.78, 5) is 12.4. The number of rotatable bonds is 8. The first-order valence-electron chi connectivity index (χ1n) is 10.6. The molecule has 35 heavy (non-hydrogen) atoms. The van der Waals surface area contributed by atoms with Crippen molar-refractivity contribution in [2.45, 2.75) is 6.61 Å². The van der Waals surface area contributed by atoms with Gasteiger partial charge in [-0.15, -0.1) is 0 Å². The molecule has 0 saturated carbocycles. The number of hydrogen-bond acceptors (Lipinski definition) is 5. The van der Waals surface area contributed by atoms with Gasteiger partial charge < -0.3 is 14.2 Å². The molecule has 4 rings (SSSR count). The van der Waals surface area contributed by atoms with E-state index in [9.17, 15) is 4.79 Å². The predicted octanol–water partition coefficient (Wildman–Crippen LogP) is 6.57. The van der Waals surface area contributed by atoms with Crippen molar-refractivity contribution >= 4 is 61.4 Å². The molecule has 4 aromatic rings. The minimum atomic E-state index is -0.339. The van der Waals surface area contributed by atoms with E-state index in [-0.39, 0.29) is 5.91 Å². The number of methoxy groups -OCH3 is 2. The number of hydrazone groups is 1. The number of nitrogens with one attached hydrogen (secondary N) is 1. The molecule has 0 unspecified atom stereocenters.